The number of benzene rings is 1. The number of anilines is 1. The number of hydrogen-bond acceptors (Lipinski definition) is 4. The molecule has 4 nitrogen and oxygen atoms in total. The van der Waals surface area contributed by atoms with Crippen LogP contribution >= 0.6 is 0 Å². The third-order valence-corrected chi connectivity index (χ3v) is 3.19. The molecule has 1 atom stereocenters. The maximum Gasteiger partial charge on any atom is 0.161 e. The van der Waals surface area contributed by atoms with Gasteiger partial charge in [0.2, 0.25) is 0 Å². The van der Waals surface area contributed by atoms with Gasteiger partial charge in [0.15, 0.2) is 11.5 Å². The first-order chi connectivity index (χ1) is 9.63. The zero-order valence-corrected chi connectivity index (χ0v) is 12.3. The van der Waals surface area contributed by atoms with E-state index in [1.54, 1.807) is 20.4 Å². The Balaban J connectivity index is 2.18. The van der Waals surface area contributed by atoms with Crippen molar-refractivity contribution >= 4 is 5.69 Å². The number of methoxy groups -OCH3 is 2. The van der Waals surface area contributed by atoms with Crippen molar-refractivity contribution in [3.8, 4) is 11.5 Å². The monoisotopic (exact) mass is 272 g/mol. The van der Waals surface area contributed by atoms with Crippen molar-refractivity contribution in [3.63, 3.8) is 0 Å². The number of hydrogen-bond donors (Lipinski definition) is 1. The molecule has 1 aromatic heterocycles. The van der Waals surface area contributed by atoms with Gasteiger partial charge in [0.05, 0.1) is 14.2 Å². The lowest BCUT2D eigenvalue weighted by molar-refractivity contribution is 0.354. The van der Waals surface area contributed by atoms with Crippen molar-refractivity contribution in [1.82, 2.24) is 4.98 Å². The van der Waals surface area contributed by atoms with Crippen LogP contribution in [0.2, 0.25) is 0 Å². The summed E-state index contributed by atoms with van der Waals surface area (Å²) in [6.45, 7) is 4.09. The molecule has 1 heterocycles. The SMILES string of the molecule is COc1ccc(C(C)Nc2ccnc(C)c2)cc1OC. The lowest BCUT2D eigenvalue weighted by Crippen LogP contribution is -2.07. The molecule has 1 N–H and O–H groups in total. The smallest absolute Gasteiger partial charge is 0.161 e. The van der Waals surface area contributed by atoms with Gasteiger partial charge in [-0.15, -0.1) is 0 Å². The second kappa shape index (κ2) is 6.28. The van der Waals surface area contributed by atoms with E-state index in [0.29, 0.717) is 0 Å². The van der Waals surface area contributed by atoms with Crippen LogP contribution in [-0.4, -0.2) is 19.2 Å². The number of nitrogens with zero attached hydrogens (tertiary/aromatic N) is 1. The lowest BCUT2D eigenvalue weighted by Gasteiger charge is -2.17. The zero-order valence-electron chi connectivity index (χ0n) is 12.3. The first-order valence-electron chi connectivity index (χ1n) is 6.55. The van der Waals surface area contributed by atoms with Crippen LogP contribution in [0.3, 0.4) is 0 Å². The minimum atomic E-state index is 0.164. The van der Waals surface area contributed by atoms with E-state index in [1.807, 2.05) is 37.3 Å². The molecule has 0 amide bonds. The van der Waals surface area contributed by atoms with Gasteiger partial charge in [-0.25, -0.2) is 0 Å². The highest BCUT2D eigenvalue weighted by atomic mass is 16.5. The summed E-state index contributed by atoms with van der Waals surface area (Å²) in [6, 6.07) is 10.1. The topological polar surface area (TPSA) is 43.4 Å². The van der Waals surface area contributed by atoms with Gasteiger partial charge in [0.25, 0.3) is 0 Å². The molecule has 2 aromatic rings. The van der Waals surface area contributed by atoms with Crippen molar-refractivity contribution < 1.29 is 9.47 Å². The van der Waals surface area contributed by atoms with E-state index >= 15 is 0 Å². The van der Waals surface area contributed by atoms with Gasteiger partial charge in [-0.1, -0.05) is 6.07 Å². The third-order valence-electron chi connectivity index (χ3n) is 3.19. The number of ether oxygens (including phenoxy) is 2. The van der Waals surface area contributed by atoms with Gasteiger partial charge in [0.1, 0.15) is 0 Å². The quantitative estimate of drug-likeness (QED) is 0.903. The second-order valence-corrected chi connectivity index (χ2v) is 4.67. The summed E-state index contributed by atoms with van der Waals surface area (Å²) in [6.07, 6.45) is 1.80. The minimum Gasteiger partial charge on any atom is -0.493 e. The molecule has 2 rings (SSSR count). The van der Waals surface area contributed by atoms with E-state index in [2.05, 4.69) is 17.2 Å². The Hall–Kier alpha value is -2.23. The summed E-state index contributed by atoms with van der Waals surface area (Å²) in [5.74, 6) is 1.48. The number of aryl methyl sites for hydroxylation is 1. The lowest BCUT2D eigenvalue weighted by atomic mass is 10.1. The summed E-state index contributed by atoms with van der Waals surface area (Å²) >= 11 is 0. The Bertz CT molecular complexity index is 584. The molecule has 0 aliphatic rings. The standard InChI is InChI=1S/C16H20N2O2/c1-11-9-14(7-8-17-11)18-12(2)13-5-6-15(19-3)16(10-13)20-4/h5-10,12H,1-4H3,(H,17,18). The van der Waals surface area contributed by atoms with E-state index < -0.39 is 0 Å². The van der Waals surface area contributed by atoms with Crippen LogP contribution in [0.4, 0.5) is 5.69 Å². The van der Waals surface area contributed by atoms with Crippen molar-refractivity contribution in [1.29, 1.82) is 0 Å². The van der Waals surface area contributed by atoms with E-state index in [-0.39, 0.29) is 6.04 Å². The molecular weight excluding hydrogens is 252 g/mol. The Kier molecular flexibility index (Phi) is 4.45. The average Bonchev–Trinajstić information content (AvgIpc) is 2.46. The van der Waals surface area contributed by atoms with Gasteiger partial charge in [0, 0.05) is 23.6 Å². The summed E-state index contributed by atoms with van der Waals surface area (Å²) in [5.41, 5.74) is 3.19. The van der Waals surface area contributed by atoms with Crippen LogP contribution in [0.25, 0.3) is 0 Å². The first-order valence-corrected chi connectivity index (χ1v) is 6.55. The van der Waals surface area contributed by atoms with Crippen LogP contribution in [0.1, 0.15) is 24.2 Å². The fourth-order valence-electron chi connectivity index (χ4n) is 2.09. The Morgan fingerprint density at radius 1 is 1.05 bits per heavy atom. The molecule has 0 saturated carbocycles. The van der Waals surface area contributed by atoms with E-state index in [4.69, 9.17) is 9.47 Å². The molecule has 1 aromatic carbocycles. The highest BCUT2D eigenvalue weighted by Gasteiger charge is 2.10. The molecule has 0 fully saturated rings. The Labute approximate surface area is 119 Å². The third kappa shape index (κ3) is 3.20. The molecule has 0 aliphatic heterocycles. The van der Waals surface area contributed by atoms with E-state index in [1.165, 1.54) is 0 Å². The summed E-state index contributed by atoms with van der Waals surface area (Å²) in [5, 5.41) is 3.45. The number of aromatic nitrogens is 1. The first kappa shape index (κ1) is 14.2. The van der Waals surface area contributed by atoms with Crippen LogP contribution < -0.4 is 14.8 Å². The van der Waals surface area contributed by atoms with Crippen molar-refractivity contribution in [3.05, 3.63) is 47.8 Å². The average molecular weight is 272 g/mol. The molecule has 1 unspecified atom stereocenters. The van der Waals surface area contributed by atoms with Gasteiger partial charge in [-0.05, 0) is 43.7 Å². The molecule has 4 heteroatoms. The summed E-state index contributed by atoms with van der Waals surface area (Å²) in [7, 11) is 3.28. The Morgan fingerprint density at radius 2 is 1.80 bits per heavy atom. The predicted molar refractivity (Wildman–Crippen MR) is 80.6 cm³/mol. The fourth-order valence-corrected chi connectivity index (χ4v) is 2.09. The predicted octanol–water partition coefficient (Wildman–Crippen LogP) is 3.58. The van der Waals surface area contributed by atoms with Gasteiger partial charge < -0.3 is 14.8 Å². The number of rotatable bonds is 5. The fraction of sp³-hybridized carbons (Fsp3) is 0.312. The highest BCUT2D eigenvalue weighted by molar-refractivity contribution is 5.48. The molecule has 20 heavy (non-hydrogen) atoms. The number of nitrogens with one attached hydrogen (secondary N) is 1. The van der Waals surface area contributed by atoms with Crippen molar-refractivity contribution in [2.75, 3.05) is 19.5 Å². The largest absolute Gasteiger partial charge is 0.493 e. The molecule has 0 saturated heterocycles. The maximum atomic E-state index is 5.33. The van der Waals surface area contributed by atoms with Crippen molar-refractivity contribution in [2.45, 2.75) is 19.9 Å². The molecule has 0 spiro atoms. The van der Waals surface area contributed by atoms with Crippen LogP contribution in [-0.2, 0) is 0 Å². The molecule has 0 bridgehead atoms. The van der Waals surface area contributed by atoms with Crippen LogP contribution in [0.5, 0.6) is 11.5 Å². The van der Waals surface area contributed by atoms with Crippen LogP contribution in [0, 0.1) is 6.92 Å². The molecule has 0 radical (unpaired) electrons. The molecule has 0 aliphatic carbocycles. The van der Waals surface area contributed by atoms with Crippen molar-refractivity contribution in [2.24, 2.45) is 0 Å². The van der Waals surface area contributed by atoms with Gasteiger partial charge in [-0.3, -0.25) is 4.98 Å². The molecule has 106 valence electrons. The van der Waals surface area contributed by atoms with E-state index in [9.17, 15) is 0 Å². The Morgan fingerprint density at radius 3 is 2.45 bits per heavy atom. The maximum absolute atomic E-state index is 5.33. The summed E-state index contributed by atoms with van der Waals surface area (Å²) < 4.78 is 10.6. The minimum absolute atomic E-state index is 0.164. The highest BCUT2D eigenvalue weighted by Crippen LogP contribution is 2.30. The normalized spacial score (nSPS) is 11.8. The number of pyridine rings is 1. The summed E-state index contributed by atoms with van der Waals surface area (Å²) in [4.78, 5) is 4.19. The van der Waals surface area contributed by atoms with Gasteiger partial charge >= 0.3 is 0 Å². The van der Waals surface area contributed by atoms with Crippen LogP contribution in [0.15, 0.2) is 36.5 Å². The van der Waals surface area contributed by atoms with Gasteiger partial charge in [-0.2, -0.15) is 0 Å². The zero-order chi connectivity index (χ0) is 14.5. The second-order valence-electron chi connectivity index (χ2n) is 4.67. The molecular formula is C16H20N2O2. The van der Waals surface area contributed by atoms with E-state index in [0.717, 1.165) is 28.4 Å².